The van der Waals surface area contributed by atoms with E-state index in [1.807, 2.05) is 31.2 Å². The van der Waals surface area contributed by atoms with Gasteiger partial charge in [0.25, 0.3) is 0 Å². The van der Waals surface area contributed by atoms with Crippen LogP contribution in [0.25, 0.3) is 0 Å². The van der Waals surface area contributed by atoms with E-state index in [0.29, 0.717) is 6.54 Å². The fraction of sp³-hybridized carbons (Fsp3) is 0.455. The molecule has 0 aliphatic heterocycles. The van der Waals surface area contributed by atoms with Crippen LogP contribution in [0.4, 0.5) is 0 Å². The maximum absolute atomic E-state index is 11.5. The Kier molecular flexibility index (Phi) is 2.80. The molecule has 0 bridgehead atoms. The topological polar surface area (TPSA) is 46.2 Å². The summed E-state index contributed by atoms with van der Waals surface area (Å²) in [5.74, 6) is 0. The molecule has 0 atom stereocenters. The summed E-state index contributed by atoms with van der Waals surface area (Å²) in [4.78, 5) is 0. The Labute approximate surface area is 90.6 Å². The van der Waals surface area contributed by atoms with E-state index in [9.17, 15) is 8.42 Å². The third-order valence-electron chi connectivity index (χ3n) is 2.56. The molecule has 15 heavy (non-hydrogen) atoms. The third kappa shape index (κ3) is 2.79. The predicted molar refractivity (Wildman–Crippen MR) is 60.0 cm³/mol. The van der Waals surface area contributed by atoms with E-state index in [1.165, 1.54) is 5.56 Å². The zero-order valence-electron chi connectivity index (χ0n) is 8.73. The van der Waals surface area contributed by atoms with Crippen LogP contribution in [0, 0.1) is 6.92 Å². The summed E-state index contributed by atoms with van der Waals surface area (Å²) in [6, 6.07) is 7.87. The van der Waals surface area contributed by atoms with Gasteiger partial charge in [-0.1, -0.05) is 29.8 Å². The van der Waals surface area contributed by atoms with Gasteiger partial charge in [-0.3, -0.25) is 0 Å². The minimum absolute atomic E-state index is 0.136. The van der Waals surface area contributed by atoms with Gasteiger partial charge >= 0.3 is 0 Å². The molecular weight excluding hydrogens is 210 g/mol. The molecule has 0 unspecified atom stereocenters. The van der Waals surface area contributed by atoms with Crippen molar-refractivity contribution in [3.63, 3.8) is 0 Å². The Hall–Kier alpha value is -0.870. The van der Waals surface area contributed by atoms with Crippen molar-refractivity contribution in [2.45, 2.75) is 31.6 Å². The molecule has 1 fully saturated rings. The molecule has 1 N–H and O–H groups in total. The minimum atomic E-state index is -3.05. The van der Waals surface area contributed by atoms with Crippen molar-refractivity contribution in [2.24, 2.45) is 0 Å². The highest BCUT2D eigenvalue weighted by atomic mass is 32.2. The summed E-state index contributed by atoms with van der Waals surface area (Å²) in [5, 5.41) is -0.136. The van der Waals surface area contributed by atoms with Gasteiger partial charge in [-0.05, 0) is 25.3 Å². The van der Waals surface area contributed by atoms with E-state index in [1.54, 1.807) is 0 Å². The Morgan fingerprint density at radius 1 is 1.27 bits per heavy atom. The number of benzene rings is 1. The average molecular weight is 225 g/mol. The molecule has 2 rings (SSSR count). The van der Waals surface area contributed by atoms with Crippen LogP contribution in [0.1, 0.15) is 24.0 Å². The second-order valence-corrected chi connectivity index (χ2v) is 6.10. The molecule has 0 amide bonds. The first-order valence-electron chi connectivity index (χ1n) is 5.12. The van der Waals surface area contributed by atoms with Crippen molar-refractivity contribution >= 4 is 10.0 Å². The minimum Gasteiger partial charge on any atom is -0.212 e. The SMILES string of the molecule is Cc1ccc(CNS(=O)(=O)C2CC2)cc1. The Morgan fingerprint density at radius 3 is 2.40 bits per heavy atom. The summed E-state index contributed by atoms with van der Waals surface area (Å²) in [5.41, 5.74) is 2.19. The predicted octanol–water partition coefficient (Wildman–Crippen LogP) is 1.58. The molecule has 1 aliphatic rings. The molecule has 1 aliphatic carbocycles. The molecule has 0 heterocycles. The van der Waals surface area contributed by atoms with Crippen LogP contribution in [0.15, 0.2) is 24.3 Å². The first-order valence-corrected chi connectivity index (χ1v) is 6.66. The van der Waals surface area contributed by atoms with E-state index in [-0.39, 0.29) is 5.25 Å². The summed E-state index contributed by atoms with van der Waals surface area (Å²) >= 11 is 0. The normalized spacial score (nSPS) is 16.6. The van der Waals surface area contributed by atoms with Crippen molar-refractivity contribution in [2.75, 3.05) is 0 Å². The van der Waals surface area contributed by atoms with Crippen molar-refractivity contribution in [1.29, 1.82) is 0 Å². The molecule has 0 radical (unpaired) electrons. The Balaban J connectivity index is 1.95. The highest BCUT2D eigenvalue weighted by molar-refractivity contribution is 7.90. The second-order valence-electron chi connectivity index (χ2n) is 4.05. The van der Waals surface area contributed by atoms with Crippen LogP contribution in [0.5, 0.6) is 0 Å². The van der Waals surface area contributed by atoms with Crippen LogP contribution >= 0.6 is 0 Å². The monoisotopic (exact) mass is 225 g/mol. The van der Waals surface area contributed by atoms with Crippen LogP contribution in [0.3, 0.4) is 0 Å². The van der Waals surface area contributed by atoms with E-state index in [0.717, 1.165) is 18.4 Å². The molecular formula is C11H15NO2S. The van der Waals surface area contributed by atoms with Gasteiger partial charge in [0, 0.05) is 6.54 Å². The van der Waals surface area contributed by atoms with Gasteiger partial charge < -0.3 is 0 Å². The zero-order chi connectivity index (χ0) is 10.9. The molecule has 0 saturated heterocycles. The molecule has 1 aromatic rings. The number of rotatable bonds is 4. The fourth-order valence-electron chi connectivity index (χ4n) is 1.39. The van der Waals surface area contributed by atoms with Crippen LogP contribution in [0.2, 0.25) is 0 Å². The number of sulfonamides is 1. The summed E-state index contributed by atoms with van der Waals surface area (Å²) in [6.07, 6.45) is 1.62. The van der Waals surface area contributed by atoms with E-state index in [4.69, 9.17) is 0 Å². The smallest absolute Gasteiger partial charge is 0.212 e. The molecule has 4 heteroatoms. The van der Waals surface area contributed by atoms with E-state index >= 15 is 0 Å². The number of hydrogen-bond donors (Lipinski definition) is 1. The standard InChI is InChI=1S/C11H15NO2S/c1-9-2-4-10(5-3-9)8-12-15(13,14)11-6-7-11/h2-5,11-12H,6-8H2,1H3. The summed E-state index contributed by atoms with van der Waals surface area (Å²) in [6.45, 7) is 2.41. The molecule has 1 saturated carbocycles. The van der Waals surface area contributed by atoms with Gasteiger partial charge in [0.2, 0.25) is 10.0 Å². The number of aryl methyl sites for hydroxylation is 1. The first-order chi connectivity index (χ1) is 7.08. The number of hydrogen-bond acceptors (Lipinski definition) is 2. The Bertz CT molecular complexity index is 432. The maximum atomic E-state index is 11.5. The van der Waals surface area contributed by atoms with Crippen molar-refractivity contribution < 1.29 is 8.42 Å². The average Bonchev–Trinajstić information content (AvgIpc) is 3.00. The highest BCUT2D eigenvalue weighted by Crippen LogP contribution is 2.27. The summed E-state index contributed by atoms with van der Waals surface area (Å²) < 4.78 is 25.7. The van der Waals surface area contributed by atoms with E-state index < -0.39 is 10.0 Å². The van der Waals surface area contributed by atoms with Crippen molar-refractivity contribution in [3.8, 4) is 0 Å². The van der Waals surface area contributed by atoms with Crippen LogP contribution in [-0.2, 0) is 16.6 Å². The second kappa shape index (κ2) is 3.94. The first kappa shape index (κ1) is 10.6. The third-order valence-corrected chi connectivity index (χ3v) is 4.46. The van der Waals surface area contributed by atoms with Crippen LogP contribution in [-0.4, -0.2) is 13.7 Å². The quantitative estimate of drug-likeness (QED) is 0.845. The van der Waals surface area contributed by atoms with Gasteiger partial charge in [0.05, 0.1) is 5.25 Å². The van der Waals surface area contributed by atoms with Crippen molar-refractivity contribution in [1.82, 2.24) is 4.72 Å². The van der Waals surface area contributed by atoms with Gasteiger partial charge in [0.15, 0.2) is 0 Å². The fourth-order valence-corrected chi connectivity index (χ4v) is 2.75. The lowest BCUT2D eigenvalue weighted by Crippen LogP contribution is -2.26. The van der Waals surface area contributed by atoms with Gasteiger partial charge in [-0.15, -0.1) is 0 Å². The van der Waals surface area contributed by atoms with Gasteiger partial charge in [-0.2, -0.15) is 0 Å². The van der Waals surface area contributed by atoms with Crippen LogP contribution < -0.4 is 4.72 Å². The zero-order valence-corrected chi connectivity index (χ0v) is 9.55. The van der Waals surface area contributed by atoms with E-state index in [2.05, 4.69) is 4.72 Å². The number of nitrogens with one attached hydrogen (secondary N) is 1. The maximum Gasteiger partial charge on any atom is 0.214 e. The van der Waals surface area contributed by atoms with Gasteiger partial charge in [-0.25, -0.2) is 13.1 Å². The lowest BCUT2D eigenvalue weighted by atomic mass is 10.2. The molecule has 82 valence electrons. The van der Waals surface area contributed by atoms with Gasteiger partial charge in [0.1, 0.15) is 0 Å². The lowest BCUT2D eigenvalue weighted by Gasteiger charge is -2.05. The largest absolute Gasteiger partial charge is 0.214 e. The molecule has 1 aromatic carbocycles. The Morgan fingerprint density at radius 2 is 1.87 bits per heavy atom. The molecule has 3 nitrogen and oxygen atoms in total. The summed E-state index contributed by atoms with van der Waals surface area (Å²) in [7, 11) is -3.05. The molecule has 0 spiro atoms. The highest BCUT2D eigenvalue weighted by Gasteiger charge is 2.35. The van der Waals surface area contributed by atoms with Crippen molar-refractivity contribution in [3.05, 3.63) is 35.4 Å². The lowest BCUT2D eigenvalue weighted by molar-refractivity contribution is 0.580. The molecule has 0 aromatic heterocycles.